The standard InChI is InChI=1S/C22H21FN4O5S.3H2S/c1-2-31-21(30)19-18(32-19)17(28)8-13(7-15-9-24-11-25-15)20(29)27-22-26-16(10-33-22)12-3-5-14(23)6-4-12;;;/h3-6,9-11,13,18-19H,2,7-8H2,1H3,(H,24,25)(H,26,27,29);3*1H2/t13-,18-,19+;;;/m1.../s1. The highest BCUT2D eigenvalue weighted by Crippen LogP contribution is 2.29. The summed E-state index contributed by atoms with van der Waals surface area (Å²) < 4.78 is 23.2. The van der Waals surface area contributed by atoms with E-state index in [1.165, 1.54) is 29.8 Å². The lowest BCUT2D eigenvalue weighted by molar-refractivity contribution is -0.144. The molecule has 0 aliphatic carbocycles. The average Bonchev–Trinajstić information content (AvgIpc) is 3.19. The molecule has 1 aliphatic heterocycles. The van der Waals surface area contributed by atoms with Gasteiger partial charge in [0.25, 0.3) is 0 Å². The van der Waals surface area contributed by atoms with E-state index in [1.807, 2.05) is 0 Å². The summed E-state index contributed by atoms with van der Waals surface area (Å²) in [6.45, 7) is 1.86. The van der Waals surface area contributed by atoms with Gasteiger partial charge in [-0.2, -0.15) is 40.5 Å². The summed E-state index contributed by atoms with van der Waals surface area (Å²) in [5.74, 6) is -2.41. The predicted octanol–water partition coefficient (Wildman–Crippen LogP) is 3.10. The van der Waals surface area contributed by atoms with Crippen molar-refractivity contribution < 1.29 is 28.2 Å². The van der Waals surface area contributed by atoms with Gasteiger partial charge in [0.15, 0.2) is 23.1 Å². The number of ketones is 1. The van der Waals surface area contributed by atoms with Crippen LogP contribution in [0.5, 0.6) is 0 Å². The predicted molar refractivity (Wildman–Crippen MR) is 148 cm³/mol. The van der Waals surface area contributed by atoms with Crippen molar-refractivity contribution in [1.82, 2.24) is 15.0 Å². The molecule has 3 aromatic rings. The molecule has 0 bridgehead atoms. The van der Waals surface area contributed by atoms with E-state index in [9.17, 15) is 18.8 Å². The molecule has 14 heteroatoms. The molecule has 0 unspecified atom stereocenters. The SMILES string of the molecule is CCOC(=O)[C@H]1O[C@@H]1C(=O)C[C@@H](Cc1cnc[nH]1)C(=O)Nc1nc(-c2ccc(F)cc2)cs1.S.S.S. The Labute approximate surface area is 231 Å². The molecule has 0 spiro atoms. The van der Waals surface area contributed by atoms with Gasteiger partial charge in [-0.25, -0.2) is 19.2 Å². The number of aromatic nitrogens is 3. The Morgan fingerprint density at radius 3 is 2.56 bits per heavy atom. The third-order valence-electron chi connectivity index (χ3n) is 5.04. The Bertz CT molecular complexity index is 1140. The van der Waals surface area contributed by atoms with Crippen LogP contribution in [-0.2, 0) is 30.3 Å². The van der Waals surface area contributed by atoms with E-state index in [1.54, 1.807) is 30.6 Å². The zero-order chi connectivity index (χ0) is 23.4. The number of aromatic amines is 1. The molecule has 0 saturated carbocycles. The van der Waals surface area contributed by atoms with E-state index < -0.39 is 30.0 Å². The number of amides is 1. The summed E-state index contributed by atoms with van der Waals surface area (Å²) in [4.78, 5) is 48.7. The van der Waals surface area contributed by atoms with Gasteiger partial charge in [-0.05, 0) is 31.2 Å². The second kappa shape index (κ2) is 14.4. The third-order valence-corrected chi connectivity index (χ3v) is 5.80. The molecule has 196 valence electrons. The van der Waals surface area contributed by atoms with Crippen LogP contribution in [0, 0.1) is 11.7 Å². The Kier molecular flexibility index (Phi) is 12.6. The minimum atomic E-state index is -0.912. The van der Waals surface area contributed by atoms with Gasteiger partial charge in [-0.15, -0.1) is 11.3 Å². The van der Waals surface area contributed by atoms with E-state index in [0.717, 1.165) is 0 Å². The van der Waals surface area contributed by atoms with Crippen LogP contribution >= 0.6 is 51.8 Å². The molecule has 1 amide bonds. The number of benzene rings is 1. The van der Waals surface area contributed by atoms with Gasteiger partial charge in [0, 0.05) is 35.7 Å². The fraction of sp³-hybridized carbons (Fsp3) is 0.318. The molecule has 1 aromatic carbocycles. The number of thiazole rings is 1. The topological polar surface area (TPSA) is 127 Å². The normalized spacial score (nSPS) is 16.4. The largest absolute Gasteiger partial charge is 0.464 e. The summed E-state index contributed by atoms with van der Waals surface area (Å²) in [6, 6.07) is 5.88. The summed E-state index contributed by atoms with van der Waals surface area (Å²) in [5.41, 5.74) is 2.00. The maximum Gasteiger partial charge on any atom is 0.338 e. The van der Waals surface area contributed by atoms with E-state index in [-0.39, 0.29) is 71.5 Å². The Hall–Kier alpha value is -2.39. The number of nitrogens with zero attached hydrogens (tertiary/aromatic N) is 2. The van der Waals surface area contributed by atoms with Gasteiger partial charge in [-0.3, -0.25) is 9.59 Å². The van der Waals surface area contributed by atoms with Gasteiger partial charge < -0.3 is 19.8 Å². The number of carbonyl (C=O) groups excluding carboxylic acids is 3. The molecule has 4 rings (SSSR count). The summed E-state index contributed by atoms with van der Waals surface area (Å²) in [7, 11) is 0. The van der Waals surface area contributed by atoms with E-state index in [2.05, 4.69) is 20.3 Å². The lowest BCUT2D eigenvalue weighted by Crippen LogP contribution is -2.29. The first kappa shape index (κ1) is 31.6. The van der Waals surface area contributed by atoms with Crippen LogP contribution in [0.15, 0.2) is 42.2 Å². The molecule has 2 N–H and O–H groups in total. The quantitative estimate of drug-likeness (QED) is 0.281. The molecule has 9 nitrogen and oxygen atoms in total. The Morgan fingerprint density at radius 1 is 1.19 bits per heavy atom. The number of nitrogens with one attached hydrogen (secondary N) is 2. The highest BCUT2D eigenvalue weighted by Gasteiger charge is 2.51. The number of ether oxygens (including phenoxy) is 2. The number of hydrogen-bond acceptors (Lipinski definition) is 8. The van der Waals surface area contributed by atoms with Crippen LogP contribution in [0.25, 0.3) is 11.3 Å². The number of halogens is 1. The van der Waals surface area contributed by atoms with E-state index in [4.69, 9.17) is 9.47 Å². The summed E-state index contributed by atoms with van der Waals surface area (Å²) in [6.07, 6.45) is 1.38. The average molecular weight is 575 g/mol. The monoisotopic (exact) mass is 574 g/mol. The first-order valence-corrected chi connectivity index (χ1v) is 11.2. The van der Waals surface area contributed by atoms with Crippen molar-refractivity contribution in [2.45, 2.75) is 32.0 Å². The molecule has 1 fully saturated rings. The minimum Gasteiger partial charge on any atom is -0.464 e. The molecule has 2 aromatic heterocycles. The molecule has 0 radical (unpaired) electrons. The number of rotatable bonds is 10. The lowest BCUT2D eigenvalue weighted by Gasteiger charge is -2.14. The van der Waals surface area contributed by atoms with Crippen molar-refractivity contribution >= 4 is 74.6 Å². The van der Waals surface area contributed by atoms with Crippen molar-refractivity contribution in [3.05, 3.63) is 53.7 Å². The number of anilines is 1. The number of epoxide rings is 1. The smallest absolute Gasteiger partial charge is 0.338 e. The first-order valence-electron chi connectivity index (χ1n) is 10.3. The number of hydrogen-bond donors (Lipinski definition) is 2. The first-order chi connectivity index (χ1) is 15.9. The zero-order valence-electron chi connectivity index (χ0n) is 19.1. The summed E-state index contributed by atoms with van der Waals surface area (Å²) >= 11 is 1.22. The number of Topliss-reactive ketones (excluding diaryl/α,β-unsaturated/α-hetero) is 1. The van der Waals surface area contributed by atoms with Crippen molar-refractivity contribution in [1.29, 1.82) is 0 Å². The molecular weight excluding hydrogens is 548 g/mol. The summed E-state index contributed by atoms with van der Waals surface area (Å²) in [5, 5.41) is 4.86. The number of imidazole rings is 1. The second-order valence-corrected chi connectivity index (χ2v) is 8.27. The van der Waals surface area contributed by atoms with Crippen molar-refractivity contribution in [2.75, 3.05) is 11.9 Å². The van der Waals surface area contributed by atoms with Crippen LogP contribution in [0.4, 0.5) is 9.52 Å². The van der Waals surface area contributed by atoms with Gasteiger partial charge in [0.2, 0.25) is 5.91 Å². The third kappa shape index (κ3) is 8.06. The Morgan fingerprint density at radius 2 is 1.92 bits per heavy atom. The molecule has 1 saturated heterocycles. The van der Waals surface area contributed by atoms with Crippen molar-refractivity contribution in [2.24, 2.45) is 5.92 Å². The Balaban J connectivity index is 0.00000216. The molecule has 1 aliphatic rings. The van der Waals surface area contributed by atoms with Crippen LogP contribution in [0.1, 0.15) is 19.0 Å². The van der Waals surface area contributed by atoms with E-state index >= 15 is 0 Å². The zero-order valence-corrected chi connectivity index (χ0v) is 22.9. The van der Waals surface area contributed by atoms with Crippen LogP contribution in [0.3, 0.4) is 0 Å². The molecular formula is C22H27FN4O5S4. The fourth-order valence-electron chi connectivity index (χ4n) is 3.33. The highest BCUT2D eigenvalue weighted by atomic mass is 32.1. The lowest BCUT2D eigenvalue weighted by atomic mass is 9.94. The second-order valence-electron chi connectivity index (χ2n) is 7.41. The molecule has 3 atom stereocenters. The van der Waals surface area contributed by atoms with Gasteiger partial charge in [-0.1, -0.05) is 0 Å². The maximum absolute atomic E-state index is 13.2. The minimum absolute atomic E-state index is 0. The highest BCUT2D eigenvalue weighted by molar-refractivity contribution is 7.59. The number of H-pyrrole nitrogens is 1. The van der Waals surface area contributed by atoms with E-state index in [0.29, 0.717) is 22.1 Å². The number of esters is 1. The molecule has 36 heavy (non-hydrogen) atoms. The fourth-order valence-corrected chi connectivity index (χ4v) is 4.05. The number of carbonyl (C=O) groups is 3. The van der Waals surface area contributed by atoms with Crippen molar-refractivity contribution in [3.8, 4) is 11.3 Å². The van der Waals surface area contributed by atoms with Gasteiger partial charge in [0.05, 0.1) is 24.5 Å². The van der Waals surface area contributed by atoms with Crippen LogP contribution < -0.4 is 5.32 Å². The molecule has 3 heterocycles. The van der Waals surface area contributed by atoms with Gasteiger partial charge in [0.1, 0.15) is 5.82 Å². The maximum atomic E-state index is 13.2. The van der Waals surface area contributed by atoms with Gasteiger partial charge >= 0.3 is 5.97 Å². The van der Waals surface area contributed by atoms with Crippen LogP contribution in [0.2, 0.25) is 0 Å². The van der Waals surface area contributed by atoms with Crippen LogP contribution in [-0.4, -0.2) is 51.4 Å². The van der Waals surface area contributed by atoms with Crippen molar-refractivity contribution in [3.63, 3.8) is 0 Å².